The molecule has 3 rings (SSSR count). The third kappa shape index (κ3) is 3.48. The van der Waals surface area contributed by atoms with Crippen LogP contribution in [0, 0.1) is 0 Å². The fourth-order valence-electron chi connectivity index (χ4n) is 2.36. The summed E-state index contributed by atoms with van der Waals surface area (Å²) in [6.45, 7) is 0. The van der Waals surface area contributed by atoms with E-state index in [1.165, 1.54) is 18.0 Å². The fraction of sp³-hybridized carbons (Fsp3) is 0.0556. The number of benzene rings is 2. The number of nitrogens with zero attached hydrogens (tertiary/aromatic N) is 5. The van der Waals surface area contributed by atoms with E-state index in [1.807, 2.05) is 48.5 Å². The highest BCUT2D eigenvalue weighted by Gasteiger charge is 2.21. The number of carbonyl (C=O) groups is 1. The monoisotopic (exact) mass is 347 g/mol. The van der Waals surface area contributed by atoms with Crippen LogP contribution in [0.4, 0.5) is 11.5 Å². The number of aromatic nitrogens is 2. The maximum absolute atomic E-state index is 12.2. The summed E-state index contributed by atoms with van der Waals surface area (Å²) in [6, 6.07) is 18.3. The molecule has 0 amide bonds. The van der Waals surface area contributed by atoms with Gasteiger partial charge in [0, 0.05) is 6.21 Å². The number of carbonyl (C=O) groups excluding carboxylic acids is 1. The van der Waals surface area contributed by atoms with E-state index in [1.54, 1.807) is 12.1 Å². The highest BCUT2D eigenvalue weighted by molar-refractivity contribution is 6.02. The molecule has 0 aliphatic heterocycles. The van der Waals surface area contributed by atoms with Crippen LogP contribution in [0.5, 0.6) is 0 Å². The number of methoxy groups -OCH3 is 1. The lowest BCUT2D eigenvalue weighted by atomic mass is 10.2. The van der Waals surface area contributed by atoms with E-state index < -0.39 is 5.97 Å². The van der Waals surface area contributed by atoms with Gasteiger partial charge >= 0.3 is 5.97 Å². The second kappa shape index (κ2) is 7.84. The Hall–Kier alpha value is -3.81. The number of hydrogen-bond donors (Lipinski definition) is 1. The third-order valence-electron chi connectivity index (χ3n) is 3.56. The first-order chi connectivity index (χ1) is 12.7. The van der Waals surface area contributed by atoms with Gasteiger partial charge in [0.15, 0.2) is 5.69 Å². The Morgan fingerprint density at radius 3 is 2.42 bits per heavy atom. The molecule has 8 nitrogen and oxygen atoms in total. The molecule has 0 radical (unpaired) electrons. The summed E-state index contributed by atoms with van der Waals surface area (Å²) in [5.74, 6) is -0.353. The molecule has 0 aliphatic rings. The molecule has 0 fully saturated rings. The van der Waals surface area contributed by atoms with E-state index in [4.69, 9.17) is 10.3 Å². The van der Waals surface area contributed by atoms with Crippen LogP contribution in [0.3, 0.4) is 0 Å². The highest BCUT2D eigenvalue weighted by atomic mass is 16.5. The first kappa shape index (κ1) is 17.0. The molecule has 0 spiro atoms. The first-order valence-electron chi connectivity index (χ1n) is 7.70. The zero-order valence-electron chi connectivity index (χ0n) is 13.9. The van der Waals surface area contributed by atoms with Gasteiger partial charge in [-0.2, -0.15) is 5.10 Å². The Balaban J connectivity index is 2.16. The average molecular weight is 347 g/mol. The molecule has 1 heterocycles. The number of nitrogens with one attached hydrogen (secondary N) is 1. The Bertz CT molecular complexity index is 935. The molecule has 2 aromatic carbocycles. The SMILES string of the molecule is COC(=O)c1nn(-c2ccccc2)c(NN=[N-])c1C=Nc1ccccc1. The lowest BCUT2D eigenvalue weighted by molar-refractivity contribution is 0.0593. The van der Waals surface area contributed by atoms with Crippen molar-refractivity contribution in [2.75, 3.05) is 12.5 Å². The molecule has 0 saturated heterocycles. The van der Waals surface area contributed by atoms with Gasteiger partial charge in [-0.1, -0.05) is 36.4 Å². The summed E-state index contributed by atoms with van der Waals surface area (Å²) in [4.78, 5) is 16.5. The van der Waals surface area contributed by atoms with Gasteiger partial charge in [-0.05, 0) is 24.3 Å². The van der Waals surface area contributed by atoms with Crippen molar-refractivity contribution in [2.24, 2.45) is 10.2 Å². The van der Waals surface area contributed by atoms with Crippen LogP contribution < -0.4 is 5.43 Å². The van der Waals surface area contributed by atoms with Crippen LogP contribution in [0.1, 0.15) is 16.1 Å². The minimum absolute atomic E-state index is 0.0437. The Labute approximate surface area is 149 Å². The van der Waals surface area contributed by atoms with Crippen molar-refractivity contribution in [3.05, 3.63) is 77.5 Å². The summed E-state index contributed by atoms with van der Waals surface area (Å²) < 4.78 is 6.26. The number of rotatable bonds is 6. The summed E-state index contributed by atoms with van der Waals surface area (Å²) in [5.41, 5.74) is 13.2. The maximum atomic E-state index is 12.2. The predicted molar refractivity (Wildman–Crippen MR) is 98.0 cm³/mol. The van der Waals surface area contributed by atoms with E-state index in [0.29, 0.717) is 16.9 Å². The van der Waals surface area contributed by atoms with Gasteiger partial charge in [0.1, 0.15) is 0 Å². The molecule has 26 heavy (non-hydrogen) atoms. The van der Waals surface area contributed by atoms with Crippen molar-refractivity contribution in [1.82, 2.24) is 9.78 Å². The van der Waals surface area contributed by atoms with Gasteiger partial charge < -0.3 is 15.7 Å². The smallest absolute Gasteiger partial charge is 0.359 e. The average Bonchev–Trinajstić information content (AvgIpc) is 3.06. The fourth-order valence-corrected chi connectivity index (χ4v) is 2.36. The van der Waals surface area contributed by atoms with E-state index >= 15 is 0 Å². The summed E-state index contributed by atoms with van der Waals surface area (Å²) in [5, 5.41) is 7.28. The Morgan fingerprint density at radius 2 is 1.81 bits per heavy atom. The number of hydrogen-bond acceptors (Lipinski definition) is 5. The largest absolute Gasteiger partial charge is 0.464 e. The molecule has 0 bridgehead atoms. The minimum Gasteiger partial charge on any atom is -0.464 e. The summed E-state index contributed by atoms with van der Waals surface area (Å²) in [6.07, 6.45) is 1.47. The van der Waals surface area contributed by atoms with Gasteiger partial charge in [0.25, 0.3) is 0 Å². The minimum atomic E-state index is -0.629. The predicted octanol–water partition coefficient (Wildman–Crippen LogP) is 3.76. The van der Waals surface area contributed by atoms with Crippen LogP contribution in [-0.4, -0.2) is 29.1 Å². The van der Waals surface area contributed by atoms with Crippen molar-refractivity contribution in [3.8, 4) is 5.69 Å². The Kier molecular flexibility index (Phi) is 5.14. The summed E-state index contributed by atoms with van der Waals surface area (Å²) >= 11 is 0. The number of ether oxygens (including phenoxy) is 1. The second-order valence-corrected chi connectivity index (χ2v) is 5.16. The molecule has 0 unspecified atom stereocenters. The van der Waals surface area contributed by atoms with Gasteiger partial charge in [0.05, 0.1) is 29.9 Å². The number of aliphatic imine (C=N–C) groups is 1. The van der Waals surface area contributed by atoms with Crippen molar-refractivity contribution in [2.45, 2.75) is 0 Å². The van der Waals surface area contributed by atoms with Crippen LogP contribution >= 0.6 is 0 Å². The van der Waals surface area contributed by atoms with Crippen LogP contribution in [-0.2, 0) is 4.74 Å². The molecule has 1 N–H and O–H groups in total. The summed E-state index contributed by atoms with van der Waals surface area (Å²) in [7, 11) is 1.27. The zero-order valence-corrected chi connectivity index (χ0v) is 13.9. The molecule has 8 heteroatoms. The van der Waals surface area contributed by atoms with Crippen molar-refractivity contribution in [1.29, 1.82) is 0 Å². The Morgan fingerprint density at radius 1 is 1.15 bits per heavy atom. The standard InChI is InChI=1S/C18H15N6O2/c1-26-18(25)16-15(12-20-13-8-4-2-5-9-13)17(21-23-19)24(22-16)14-10-6-3-7-11-14/h2-12H,1H3,(H-,19,20,21,22)/q-1. The molecule has 0 atom stereocenters. The second-order valence-electron chi connectivity index (χ2n) is 5.16. The lowest BCUT2D eigenvalue weighted by Gasteiger charge is -2.11. The van der Waals surface area contributed by atoms with E-state index in [2.05, 4.69) is 20.7 Å². The van der Waals surface area contributed by atoms with E-state index in [-0.39, 0.29) is 11.5 Å². The third-order valence-corrected chi connectivity index (χ3v) is 3.56. The van der Waals surface area contributed by atoms with Gasteiger partial charge in [-0.3, -0.25) is 10.2 Å². The molecule has 130 valence electrons. The van der Waals surface area contributed by atoms with Crippen LogP contribution in [0.15, 0.2) is 70.9 Å². The van der Waals surface area contributed by atoms with Crippen LogP contribution in [0.25, 0.3) is 11.2 Å². The molecular formula is C18H15N6O2-. The van der Waals surface area contributed by atoms with Gasteiger partial charge in [0.2, 0.25) is 0 Å². The number of esters is 1. The lowest BCUT2D eigenvalue weighted by Crippen LogP contribution is -2.06. The molecular weight excluding hydrogens is 332 g/mol. The molecule has 0 aliphatic carbocycles. The molecule has 0 saturated carbocycles. The first-order valence-corrected chi connectivity index (χ1v) is 7.70. The van der Waals surface area contributed by atoms with Crippen molar-refractivity contribution in [3.63, 3.8) is 0 Å². The number of anilines is 1. The quantitative estimate of drug-likeness (QED) is 0.317. The van der Waals surface area contributed by atoms with Crippen molar-refractivity contribution < 1.29 is 9.53 Å². The van der Waals surface area contributed by atoms with E-state index in [9.17, 15) is 4.79 Å². The van der Waals surface area contributed by atoms with Gasteiger partial charge in [-0.15, -0.1) is 0 Å². The van der Waals surface area contributed by atoms with Crippen molar-refractivity contribution >= 4 is 23.7 Å². The van der Waals surface area contributed by atoms with E-state index in [0.717, 1.165) is 0 Å². The van der Waals surface area contributed by atoms with Crippen LogP contribution in [0.2, 0.25) is 0 Å². The normalized spacial score (nSPS) is 10.7. The maximum Gasteiger partial charge on any atom is 0.359 e. The molecule has 3 aromatic rings. The molecule has 1 aromatic heterocycles. The highest BCUT2D eigenvalue weighted by Crippen LogP contribution is 2.24. The number of para-hydroxylation sites is 2. The zero-order chi connectivity index (χ0) is 18.4. The van der Waals surface area contributed by atoms with Gasteiger partial charge in [-0.25, -0.2) is 9.48 Å². The topological polar surface area (TPSA) is 103 Å².